The maximum Gasteiger partial charge on any atom is 0.107 e. The predicted octanol–water partition coefficient (Wildman–Crippen LogP) is 2.30. The predicted molar refractivity (Wildman–Crippen MR) is 57.7 cm³/mol. The zero-order valence-corrected chi connectivity index (χ0v) is 9.20. The third-order valence-corrected chi connectivity index (χ3v) is 2.51. The topological polar surface area (TPSA) is 64.2 Å². The summed E-state index contributed by atoms with van der Waals surface area (Å²) in [6.07, 6.45) is -2.47. The molecule has 0 amide bonds. The Morgan fingerprint density at radius 2 is 2.00 bits per heavy atom. The molecule has 2 N–H and O–H groups in total. The summed E-state index contributed by atoms with van der Waals surface area (Å²) >= 11 is 11.5. The fourth-order valence-electron chi connectivity index (χ4n) is 1.15. The first kappa shape index (κ1) is 12.3. The molecule has 1 aromatic carbocycles. The van der Waals surface area contributed by atoms with E-state index in [0.29, 0.717) is 10.6 Å². The third kappa shape index (κ3) is 3.08. The molecule has 1 aromatic rings. The largest absolute Gasteiger partial charge is 0.389 e. The van der Waals surface area contributed by atoms with Gasteiger partial charge >= 0.3 is 0 Å². The van der Waals surface area contributed by atoms with Gasteiger partial charge in [0.25, 0.3) is 0 Å². The molecule has 0 aromatic heterocycles. The Hall–Kier alpha value is -0.790. The minimum atomic E-state index is -1.17. The smallest absolute Gasteiger partial charge is 0.107 e. The molecule has 0 radical (unpaired) electrons. The number of aliphatic hydroxyl groups is 2. The second-order valence-corrected chi connectivity index (χ2v) is 3.88. The van der Waals surface area contributed by atoms with Gasteiger partial charge in [0.15, 0.2) is 0 Å². The highest BCUT2D eigenvalue weighted by Crippen LogP contribution is 2.28. The summed E-state index contributed by atoms with van der Waals surface area (Å²) in [5.41, 5.74) is 0.365. The van der Waals surface area contributed by atoms with Gasteiger partial charge in [-0.15, -0.1) is 0 Å². The minimum absolute atomic E-state index is 0.153. The van der Waals surface area contributed by atoms with Gasteiger partial charge in [0.1, 0.15) is 6.10 Å². The lowest BCUT2D eigenvalue weighted by molar-refractivity contribution is 0.0217. The SMILES string of the molecule is N#CCC(O)C(O)c1ccc(Cl)cc1Cl. The van der Waals surface area contributed by atoms with Crippen LogP contribution in [0.4, 0.5) is 0 Å². The van der Waals surface area contributed by atoms with Crippen LogP contribution in [-0.2, 0) is 0 Å². The van der Waals surface area contributed by atoms with Crippen LogP contribution in [0.1, 0.15) is 18.1 Å². The molecule has 0 saturated carbocycles. The van der Waals surface area contributed by atoms with Crippen molar-refractivity contribution in [3.8, 4) is 6.07 Å². The molecule has 0 aliphatic carbocycles. The fraction of sp³-hybridized carbons (Fsp3) is 0.300. The van der Waals surface area contributed by atoms with E-state index < -0.39 is 12.2 Å². The first-order valence-corrected chi connectivity index (χ1v) is 5.00. The Morgan fingerprint density at radius 1 is 1.33 bits per heavy atom. The average Bonchev–Trinajstić information content (AvgIpc) is 2.17. The van der Waals surface area contributed by atoms with Gasteiger partial charge < -0.3 is 10.2 Å². The average molecular weight is 246 g/mol. The molecule has 0 aliphatic heterocycles. The molecule has 0 fully saturated rings. The molecule has 3 nitrogen and oxygen atoms in total. The Morgan fingerprint density at radius 3 is 2.53 bits per heavy atom. The molecule has 15 heavy (non-hydrogen) atoms. The quantitative estimate of drug-likeness (QED) is 0.859. The summed E-state index contributed by atoms with van der Waals surface area (Å²) in [6, 6.07) is 6.33. The molecule has 80 valence electrons. The molecule has 0 spiro atoms. The van der Waals surface area contributed by atoms with Crippen LogP contribution < -0.4 is 0 Å². The summed E-state index contributed by atoms with van der Waals surface area (Å²) in [7, 11) is 0. The van der Waals surface area contributed by atoms with Gasteiger partial charge in [0.2, 0.25) is 0 Å². The Bertz CT molecular complexity index is 389. The molecule has 2 atom stereocenters. The fourth-order valence-corrected chi connectivity index (χ4v) is 1.67. The van der Waals surface area contributed by atoms with Crippen molar-refractivity contribution in [2.75, 3.05) is 0 Å². The highest BCUT2D eigenvalue weighted by Gasteiger charge is 2.20. The molecule has 0 saturated heterocycles. The van der Waals surface area contributed by atoms with Crippen molar-refractivity contribution in [3.63, 3.8) is 0 Å². The molecule has 0 heterocycles. The lowest BCUT2D eigenvalue weighted by Crippen LogP contribution is -2.17. The first-order chi connectivity index (χ1) is 7.06. The van der Waals surface area contributed by atoms with Crippen molar-refractivity contribution < 1.29 is 10.2 Å². The number of halogens is 2. The van der Waals surface area contributed by atoms with Crippen LogP contribution >= 0.6 is 23.2 Å². The Balaban J connectivity index is 2.91. The molecular formula is C10H9Cl2NO2. The molecule has 2 unspecified atom stereocenters. The summed E-state index contributed by atoms with van der Waals surface area (Å²) < 4.78 is 0. The van der Waals surface area contributed by atoms with Crippen LogP contribution in [0, 0.1) is 11.3 Å². The van der Waals surface area contributed by atoms with Crippen LogP contribution in [0.3, 0.4) is 0 Å². The van der Waals surface area contributed by atoms with Crippen molar-refractivity contribution in [2.45, 2.75) is 18.6 Å². The number of rotatable bonds is 3. The number of aliphatic hydroxyl groups excluding tert-OH is 2. The van der Waals surface area contributed by atoms with E-state index in [-0.39, 0.29) is 11.4 Å². The third-order valence-electron chi connectivity index (χ3n) is 1.95. The second-order valence-electron chi connectivity index (χ2n) is 3.04. The summed E-state index contributed by atoms with van der Waals surface area (Å²) in [5, 5.41) is 28.2. The zero-order valence-electron chi connectivity index (χ0n) is 7.69. The Kier molecular flexibility index (Phi) is 4.37. The van der Waals surface area contributed by atoms with Gasteiger partial charge in [-0.3, -0.25) is 0 Å². The maximum absolute atomic E-state index is 9.66. The summed E-state index contributed by atoms with van der Waals surface area (Å²) in [6.45, 7) is 0. The van der Waals surface area contributed by atoms with Crippen molar-refractivity contribution >= 4 is 23.2 Å². The van der Waals surface area contributed by atoms with Gasteiger partial charge in [-0.05, 0) is 12.1 Å². The lowest BCUT2D eigenvalue weighted by atomic mass is 10.0. The molecule has 0 aliphatic rings. The van der Waals surface area contributed by atoms with E-state index in [0.717, 1.165) is 0 Å². The van der Waals surface area contributed by atoms with E-state index in [9.17, 15) is 10.2 Å². The van der Waals surface area contributed by atoms with Crippen LogP contribution in [-0.4, -0.2) is 16.3 Å². The number of hydrogen-bond acceptors (Lipinski definition) is 3. The van der Waals surface area contributed by atoms with E-state index in [1.54, 1.807) is 12.1 Å². The minimum Gasteiger partial charge on any atom is -0.389 e. The van der Waals surface area contributed by atoms with E-state index in [1.165, 1.54) is 12.1 Å². The van der Waals surface area contributed by atoms with Crippen LogP contribution in [0.2, 0.25) is 10.0 Å². The van der Waals surface area contributed by atoms with E-state index in [2.05, 4.69) is 0 Å². The Labute approximate surface area is 97.5 Å². The van der Waals surface area contributed by atoms with E-state index in [4.69, 9.17) is 28.5 Å². The summed E-state index contributed by atoms with van der Waals surface area (Å²) in [4.78, 5) is 0. The van der Waals surface area contributed by atoms with Gasteiger partial charge in [-0.1, -0.05) is 29.3 Å². The van der Waals surface area contributed by atoms with Gasteiger partial charge in [-0.25, -0.2) is 0 Å². The number of nitrogens with zero attached hydrogens (tertiary/aromatic N) is 1. The molecule has 0 bridgehead atoms. The molecular weight excluding hydrogens is 237 g/mol. The standard InChI is InChI=1S/C10H9Cl2NO2/c11-6-1-2-7(8(12)5-6)10(15)9(14)3-4-13/h1-2,5,9-10,14-15H,3H2. The highest BCUT2D eigenvalue weighted by molar-refractivity contribution is 6.35. The number of benzene rings is 1. The normalized spacial score (nSPS) is 14.3. The number of nitriles is 1. The van der Waals surface area contributed by atoms with Crippen LogP contribution in [0.5, 0.6) is 0 Å². The highest BCUT2D eigenvalue weighted by atomic mass is 35.5. The maximum atomic E-state index is 9.66. The van der Waals surface area contributed by atoms with Crippen LogP contribution in [0.25, 0.3) is 0 Å². The van der Waals surface area contributed by atoms with Gasteiger partial charge in [-0.2, -0.15) is 5.26 Å². The van der Waals surface area contributed by atoms with Gasteiger partial charge in [0.05, 0.1) is 18.6 Å². The van der Waals surface area contributed by atoms with Crippen molar-refractivity contribution in [2.24, 2.45) is 0 Å². The first-order valence-electron chi connectivity index (χ1n) is 4.24. The van der Waals surface area contributed by atoms with E-state index in [1.807, 2.05) is 0 Å². The van der Waals surface area contributed by atoms with E-state index >= 15 is 0 Å². The van der Waals surface area contributed by atoms with Gasteiger partial charge in [0, 0.05) is 15.6 Å². The molecule has 5 heteroatoms. The van der Waals surface area contributed by atoms with Crippen molar-refractivity contribution in [1.29, 1.82) is 5.26 Å². The molecule has 1 rings (SSSR count). The van der Waals surface area contributed by atoms with Crippen LogP contribution in [0.15, 0.2) is 18.2 Å². The zero-order chi connectivity index (χ0) is 11.4. The summed E-state index contributed by atoms with van der Waals surface area (Å²) in [5.74, 6) is 0. The van der Waals surface area contributed by atoms with Crippen molar-refractivity contribution in [1.82, 2.24) is 0 Å². The monoisotopic (exact) mass is 245 g/mol. The van der Waals surface area contributed by atoms with Crippen molar-refractivity contribution in [3.05, 3.63) is 33.8 Å². The lowest BCUT2D eigenvalue weighted by Gasteiger charge is -2.16. The number of hydrogen-bond donors (Lipinski definition) is 2. The second kappa shape index (κ2) is 5.34.